The first kappa shape index (κ1) is 18.2. The minimum Gasteiger partial charge on any atom is -0.481 e. The minimum atomic E-state index is -0.940. The largest absolute Gasteiger partial charge is 0.481 e. The van der Waals surface area contributed by atoms with Crippen LogP contribution in [-0.4, -0.2) is 46.6 Å². The number of rotatable bonds is 8. The molecule has 0 radical (unpaired) electrons. The van der Waals surface area contributed by atoms with Gasteiger partial charge < -0.3 is 14.7 Å². The first-order chi connectivity index (χ1) is 10.3. The highest BCUT2D eigenvalue weighted by Crippen LogP contribution is 2.23. The number of hydrogen-bond acceptors (Lipinski definition) is 4. The maximum absolute atomic E-state index is 12.5. The van der Waals surface area contributed by atoms with Gasteiger partial charge in [-0.1, -0.05) is 25.4 Å². The quantitative estimate of drug-likeness (QED) is 0.793. The number of pyridine rings is 1. The minimum absolute atomic E-state index is 0.101. The molecule has 0 aromatic carbocycles. The number of amides is 1. The number of carboxylic acids is 1. The van der Waals surface area contributed by atoms with Crippen molar-refractivity contribution in [2.24, 2.45) is 5.92 Å². The van der Waals surface area contributed by atoms with Gasteiger partial charge in [0.25, 0.3) is 5.91 Å². The third kappa shape index (κ3) is 5.52. The molecule has 1 N–H and O–H groups in total. The molecule has 0 aliphatic carbocycles. The standard InChI is InChI=1S/C15H21ClN2O4/c1-4-22-14-12(16)7-11(8-17-14)15(21)18(9-10(2)3)6-5-13(19)20/h7-8,10H,4-6,9H2,1-3H3,(H,19,20). The zero-order valence-electron chi connectivity index (χ0n) is 13.0. The molecule has 1 rings (SSSR count). The highest BCUT2D eigenvalue weighted by atomic mass is 35.5. The predicted octanol–water partition coefficient (Wildman–Crippen LogP) is 2.71. The van der Waals surface area contributed by atoms with E-state index in [1.165, 1.54) is 17.2 Å². The summed E-state index contributed by atoms with van der Waals surface area (Å²) in [5, 5.41) is 9.06. The summed E-state index contributed by atoms with van der Waals surface area (Å²) in [6.45, 7) is 6.79. The number of aromatic nitrogens is 1. The molecular formula is C15H21ClN2O4. The van der Waals surface area contributed by atoms with Gasteiger partial charge in [0.1, 0.15) is 5.02 Å². The van der Waals surface area contributed by atoms with Crippen molar-refractivity contribution < 1.29 is 19.4 Å². The van der Waals surface area contributed by atoms with Gasteiger partial charge >= 0.3 is 5.97 Å². The van der Waals surface area contributed by atoms with E-state index in [1.807, 2.05) is 20.8 Å². The molecule has 0 unspecified atom stereocenters. The monoisotopic (exact) mass is 328 g/mol. The van der Waals surface area contributed by atoms with Gasteiger partial charge in [-0.2, -0.15) is 0 Å². The Morgan fingerprint density at radius 1 is 1.45 bits per heavy atom. The van der Waals surface area contributed by atoms with Crippen LogP contribution in [0.3, 0.4) is 0 Å². The van der Waals surface area contributed by atoms with E-state index < -0.39 is 5.97 Å². The van der Waals surface area contributed by atoms with Crippen LogP contribution in [-0.2, 0) is 4.79 Å². The summed E-state index contributed by atoms with van der Waals surface area (Å²) in [6.07, 6.45) is 1.30. The van der Waals surface area contributed by atoms with Gasteiger partial charge in [-0.05, 0) is 18.9 Å². The summed E-state index contributed by atoms with van der Waals surface area (Å²) in [5.41, 5.74) is 0.319. The van der Waals surface area contributed by atoms with E-state index in [0.29, 0.717) is 18.7 Å². The molecule has 1 amide bonds. The topological polar surface area (TPSA) is 79.7 Å². The number of ether oxygens (including phenoxy) is 1. The van der Waals surface area contributed by atoms with Crippen LogP contribution in [0.25, 0.3) is 0 Å². The number of carboxylic acid groups (broad SMARTS) is 1. The Bertz CT molecular complexity index is 534. The van der Waals surface area contributed by atoms with Gasteiger partial charge in [0.2, 0.25) is 5.88 Å². The Morgan fingerprint density at radius 2 is 2.14 bits per heavy atom. The third-order valence-electron chi connectivity index (χ3n) is 2.80. The molecule has 122 valence electrons. The van der Waals surface area contributed by atoms with Crippen molar-refractivity contribution in [2.75, 3.05) is 19.7 Å². The molecule has 0 spiro atoms. The van der Waals surface area contributed by atoms with Crippen LogP contribution in [0.5, 0.6) is 5.88 Å². The Balaban J connectivity index is 2.92. The van der Waals surface area contributed by atoms with Crippen molar-refractivity contribution in [1.29, 1.82) is 0 Å². The van der Waals surface area contributed by atoms with Gasteiger partial charge in [0.15, 0.2) is 0 Å². The average Bonchev–Trinajstić information content (AvgIpc) is 2.44. The van der Waals surface area contributed by atoms with Crippen molar-refractivity contribution in [3.05, 3.63) is 22.8 Å². The molecule has 0 fully saturated rings. The zero-order chi connectivity index (χ0) is 16.7. The van der Waals surface area contributed by atoms with Crippen molar-refractivity contribution in [3.63, 3.8) is 0 Å². The predicted molar refractivity (Wildman–Crippen MR) is 83.4 cm³/mol. The van der Waals surface area contributed by atoms with Gasteiger partial charge in [-0.15, -0.1) is 0 Å². The number of carbonyl (C=O) groups excluding carboxylic acids is 1. The van der Waals surface area contributed by atoms with Gasteiger partial charge in [-0.3, -0.25) is 9.59 Å². The third-order valence-corrected chi connectivity index (χ3v) is 3.07. The fraction of sp³-hybridized carbons (Fsp3) is 0.533. The van der Waals surface area contributed by atoms with E-state index in [1.54, 1.807) is 0 Å². The van der Waals surface area contributed by atoms with Crippen LogP contribution < -0.4 is 4.74 Å². The number of aliphatic carboxylic acids is 1. The van der Waals surface area contributed by atoms with Crippen molar-refractivity contribution >= 4 is 23.5 Å². The number of nitrogens with zero attached hydrogens (tertiary/aromatic N) is 2. The molecule has 7 heteroatoms. The maximum atomic E-state index is 12.5. The molecule has 1 aromatic heterocycles. The lowest BCUT2D eigenvalue weighted by Crippen LogP contribution is -2.36. The summed E-state index contributed by atoms with van der Waals surface area (Å²) in [4.78, 5) is 28.8. The second kappa shape index (κ2) is 8.58. The fourth-order valence-electron chi connectivity index (χ4n) is 1.91. The highest BCUT2D eigenvalue weighted by molar-refractivity contribution is 6.32. The molecule has 0 aliphatic rings. The van der Waals surface area contributed by atoms with E-state index in [0.717, 1.165) is 0 Å². The van der Waals surface area contributed by atoms with Crippen LogP contribution in [0, 0.1) is 5.92 Å². The summed E-state index contributed by atoms with van der Waals surface area (Å²) < 4.78 is 5.23. The zero-order valence-corrected chi connectivity index (χ0v) is 13.8. The normalized spacial score (nSPS) is 10.6. The lowest BCUT2D eigenvalue weighted by Gasteiger charge is -2.24. The Kier molecular flexibility index (Phi) is 7.11. The molecule has 0 saturated heterocycles. The molecular weight excluding hydrogens is 308 g/mol. The maximum Gasteiger partial charge on any atom is 0.305 e. The van der Waals surface area contributed by atoms with Gasteiger partial charge in [0, 0.05) is 19.3 Å². The lowest BCUT2D eigenvalue weighted by atomic mass is 10.1. The number of hydrogen-bond donors (Lipinski definition) is 1. The number of carbonyl (C=O) groups is 2. The lowest BCUT2D eigenvalue weighted by molar-refractivity contribution is -0.137. The van der Waals surface area contributed by atoms with Crippen LogP contribution in [0.4, 0.5) is 0 Å². The smallest absolute Gasteiger partial charge is 0.305 e. The molecule has 1 heterocycles. The molecule has 22 heavy (non-hydrogen) atoms. The van der Waals surface area contributed by atoms with Crippen LogP contribution in [0.15, 0.2) is 12.3 Å². The van der Waals surface area contributed by atoms with Crippen molar-refractivity contribution in [3.8, 4) is 5.88 Å². The summed E-state index contributed by atoms with van der Waals surface area (Å²) in [7, 11) is 0. The van der Waals surface area contributed by atoms with Crippen molar-refractivity contribution in [2.45, 2.75) is 27.2 Å². The van der Waals surface area contributed by atoms with E-state index in [9.17, 15) is 9.59 Å². The van der Waals surface area contributed by atoms with Gasteiger partial charge in [-0.25, -0.2) is 4.98 Å². The molecule has 6 nitrogen and oxygen atoms in total. The number of halogens is 1. The second-order valence-electron chi connectivity index (χ2n) is 5.23. The van der Waals surface area contributed by atoms with E-state index in [-0.39, 0.29) is 35.7 Å². The summed E-state index contributed by atoms with van der Waals surface area (Å²) in [5.74, 6) is -0.720. The van der Waals surface area contributed by atoms with Crippen LogP contribution in [0.2, 0.25) is 5.02 Å². The van der Waals surface area contributed by atoms with E-state index >= 15 is 0 Å². The van der Waals surface area contributed by atoms with Crippen LogP contribution >= 0.6 is 11.6 Å². The fourth-order valence-corrected chi connectivity index (χ4v) is 2.14. The van der Waals surface area contributed by atoms with E-state index in [2.05, 4.69) is 4.98 Å². The van der Waals surface area contributed by atoms with Crippen LogP contribution in [0.1, 0.15) is 37.6 Å². The molecule has 1 aromatic rings. The Hall–Kier alpha value is -1.82. The molecule has 0 atom stereocenters. The van der Waals surface area contributed by atoms with E-state index in [4.69, 9.17) is 21.4 Å². The SMILES string of the molecule is CCOc1ncc(C(=O)N(CCC(=O)O)CC(C)C)cc1Cl. The first-order valence-corrected chi connectivity index (χ1v) is 7.52. The first-order valence-electron chi connectivity index (χ1n) is 7.14. The Morgan fingerprint density at radius 3 is 2.64 bits per heavy atom. The molecule has 0 bridgehead atoms. The molecule has 0 aliphatic heterocycles. The second-order valence-corrected chi connectivity index (χ2v) is 5.64. The highest BCUT2D eigenvalue weighted by Gasteiger charge is 2.19. The molecule has 0 saturated carbocycles. The summed E-state index contributed by atoms with van der Waals surface area (Å²) >= 11 is 6.04. The average molecular weight is 329 g/mol. The van der Waals surface area contributed by atoms with Crippen molar-refractivity contribution in [1.82, 2.24) is 9.88 Å². The Labute approximate surface area is 135 Å². The summed E-state index contributed by atoms with van der Waals surface area (Å²) in [6, 6.07) is 1.50. The van der Waals surface area contributed by atoms with Gasteiger partial charge in [0.05, 0.1) is 18.6 Å².